The average molecular weight is 326 g/mol. The first kappa shape index (κ1) is 18.5. The number of anilines is 1. The van der Waals surface area contributed by atoms with E-state index in [1.807, 2.05) is 12.3 Å². The Morgan fingerprint density at radius 2 is 2.09 bits per heavy atom. The molecule has 0 aliphatic rings. The topological polar surface area (TPSA) is 87.7 Å². The zero-order valence-corrected chi connectivity index (χ0v) is 13.8. The van der Waals surface area contributed by atoms with Gasteiger partial charge < -0.3 is 20.5 Å². The molecule has 0 bridgehead atoms. The van der Waals surface area contributed by atoms with Crippen LogP contribution in [0.15, 0.2) is 29.2 Å². The van der Waals surface area contributed by atoms with E-state index in [2.05, 4.69) is 10.6 Å². The Balaban J connectivity index is 2.49. The Morgan fingerprint density at radius 1 is 1.36 bits per heavy atom. The van der Waals surface area contributed by atoms with E-state index in [4.69, 9.17) is 4.74 Å². The third kappa shape index (κ3) is 6.46. The van der Waals surface area contributed by atoms with Gasteiger partial charge in [0.15, 0.2) is 0 Å². The minimum Gasteiger partial charge on any atom is -0.388 e. The maximum absolute atomic E-state index is 11.8. The van der Waals surface area contributed by atoms with Crippen LogP contribution in [-0.2, 0) is 14.3 Å². The molecule has 2 amide bonds. The van der Waals surface area contributed by atoms with E-state index in [9.17, 15) is 14.7 Å². The molecule has 0 aliphatic heterocycles. The zero-order chi connectivity index (χ0) is 16.6. The van der Waals surface area contributed by atoms with E-state index in [1.54, 1.807) is 36.9 Å². The number of carbonyl (C=O) groups excluding carboxylic acids is 2. The van der Waals surface area contributed by atoms with Gasteiger partial charge in [0.2, 0.25) is 0 Å². The first-order valence-corrected chi connectivity index (χ1v) is 8.05. The summed E-state index contributed by atoms with van der Waals surface area (Å²) in [7, 11) is 1.53. The molecule has 0 saturated heterocycles. The number of nitrogens with one attached hydrogen (secondary N) is 2. The minimum absolute atomic E-state index is 0.0204. The van der Waals surface area contributed by atoms with Crippen LogP contribution in [0.5, 0.6) is 0 Å². The zero-order valence-electron chi connectivity index (χ0n) is 13.0. The highest BCUT2D eigenvalue weighted by Crippen LogP contribution is 2.18. The smallest absolute Gasteiger partial charge is 0.313 e. The van der Waals surface area contributed by atoms with Gasteiger partial charge in [-0.05, 0) is 31.4 Å². The highest BCUT2D eigenvalue weighted by Gasteiger charge is 2.23. The van der Waals surface area contributed by atoms with Crippen molar-refractivity contribution in [3.8, 4) is 0 Å². The Bertz CT molecular complexity index is 520. The number of carbonyl (C=O) groups is 2. The largest absolute Gasteiger partial charge is 0.388 e. The van der Waals surface area contributed by atoms with Crippen LogP contribution in [0.2, 0.25) is 0 Å². The molecule has 122 valence electrons. The van der Waals surface area contributed by atoms with Gasteiger partial charge in [-0.25, -0.2) is 0 Å². The number of amides is 2. The number of hydrogen-bond donors (Lipinski definition) is 3. The lowest BCUT2D eigenvalue weighted by Crippen LogP contribution is -2.45. The standard InChI is InChI=1S/C15H22N2O4S/c1-15(20,7-8-21-2)10-16-13(18)14(19)17-11-5-4-6-12(9-11)22-3/h4-6,9,20H,7-8,10H2,1-3H3,(H,16,18)(H,17,19). The van der Waals surface area contributed by atoms with Crippen LogP contribution < -0.4 is 10.6 Å². The van der Waals surface area contributed by atoms with Crippen LogP contribution >= 0.6 is 11.8 Å². The summed E-state index contributed by atoms with van der Waals surface area (Å²) in [6.07, 6.45) is 2.29. The molecule has 22 heavy (non-hydrogen) atoms. The van der Waals surface area contributed by atoms with Gasteiger partial charge in [0.25, 0.3) is 0 Å². The molecule has 0 fully saturated rings. The fourth-order valence-electron chi connectivity index (χ4n) is 1.65. The highest BCUT2D eigenvalue weighted by molar-refractivity contribution is 7.98. The van der Waals surface area contributed by atoms with Crippen LogP contribution in [0.4, 0.5) is 5.69 Å². The predicted molar refractivity (Wildman–Crippen MR) is 87.0 cm³/mol. The first-order valence-electron chi connectivity index (χ1n) is 6.82. The van der Waals surface area contributed by atoms with E-state index in [0.29, 0.717) is 18.7 Å². The van der Waals surface area contributed by atoms with Crippen molar-refractivity contribution in [1.82, 2.24) is 5.32 Å². The fraction of sp³-hybridized carbons (Fsp3) is 0.467. The van der Waals surface area contributed by atoms with Crippen molar-refractivity contribution >= 4 is 29.3 Å². The van der Waals surface area contributed by atoms with Crippen molar-refractivity contribution in [3.63, 3.8) is 0 Å². The molecule has 0 radical (unpaired) electrons. The molecule has 0 spiro atoms. The van der Waals surface area contributed by atoms with Crippen LogP contribution in [0.1, 0.15) is 13.3 Å². The SMILES string of the molecule is COCCC(C)(O)CNC(=O)C(=O)Nc1cccc(SC)c1. The summed E-state index contributed by atoms with van der Waals surface area (Å²) in [6, 6.07) is 7.20. The fourth-order valence-corrected chi connectivity index (χ4v) is 2.11. The molecular weight excluding hydrogens is 304 g/mol. The molecule has 6 nitrogen and oxygen atoms in total. The third-order valence-electron chi connectivity index (χ3n) is 3.01. The van der Waals surface area contributed by atoms with Crippen LogP contribution in [-0.4, -0.2) is 49.0 Å². The molecule has 0 saturated carbocycles. The van der Waals surface area contributed by atoms with Gasteiger partial charge in [0, 0.05) is 37.3 Å². The molecular formula is C15H22N2O4S. The summed E-state index contributed by atoms with van der Waals surface area (Å²) in [5.74, 6) is -1.55. The van der Waals surface area contributed by atoms with E-state index in [-0.39, 0.29) is 6.54 Å². The molecule has 0 aliphatic carbocycles. The molecule has 7 heteroatoms. The summed E-state index contributed by atoms with van der Waals surface area (Å²) in [6.45, 7) is 1.93. The van der Waals surface area contributed by atoms with Gasteiger partial charge in [-0.3, -0.25) is 9.59 Å². The summed E-state index contributed by atoms with van der Waals surface area (Å²) in [4.78, 5) is 24.5. The monoisotopic (exact) mass is 326 g/mol. The molecule has 3 N–H and O–H groups in total. The number of aliphatic hydroxyl groups is 1. The van der Waals surface area contributed by atoms with Gasteiger partial charge in [-0.1, -0.05) is 6.07 Å². The van der Waals surface area contributed by atoms with Gasteiger partial charge in [-0.15, -0.1) is 11.8 Å². The lowest BCUT2D eigenvalue weighted by molar-refractivity contribution is -0.136. The van der Waals surface area contributed by atoms with Crippen molar-refractivity contribution in [2.75, 3.05) is 31.8 Å². The number of hydrogen-bond acceptors (Lipinski definition) is 5. The summed E-state index contributed by atoms with van der Waals surface area (Å²) >= 11 is 1.54. The number of thioether (sulfide) groups is 1. The van der Waals surface area contributed by atoms with Crippen molar-refractivity contribution in [2.45, 2.75) is 23.8 Å². The normalized spacial score (nSPS) is 13.3. The number of benzene rings is 1. The quantitative estimate of drug-likeness (QED) is 0.518. The van der Waals surface area contributed by atoms with E-state index in [1.165, 1.54) is 7.11 Å². The Kier molecular flexibility index (Phi) is 7.37. The molecule has 1 aromatic carbocycles. The molecule has 0 aromatic heterocycles. The number of methoxy groups -OCH3 is 1. The lowest BCUT2D eigenvalue weighted by Gasteiger charge is -2.22. The number of rotatable bonds is 7. The second-order valence-corrected chi connectivity index (χ2v) is 5.99. The summed E-state index contributed by atoms with van der Waals surface area (Å²) in [5.41, 5.74) is -0.566. The Labute approximate surface area is 134 Å². The van der Waals surface area contributed by atoms with E-state index < -0.39 is 17.4 Å². The van der Waals surface area contributed by atoms with Crippen molar-refractivity contribution in [2.24, 2.45) is 0 Å². The maximum Gasteiger partial charge on any atom is 0.313 e. The average Bonchev–Trinajstić information content (AvgIpc) is 2.51. The van der Waals surface area contributed by atoms with Crippen LogP contribution in [0, 0.1) is 0 Å². The summed E-state index contributed by atoms with van der Waals surface area (Å²) < 4.78 is 4.88. The third-order valence-corrected chi connectivity index (χ3v) is 3.73. The maximum atomic E-state index is 11.8. The van der Waals surface area contributed by atoms with Crippen molar-refractivity contribution in [3.05, 3.63) is 24.3 Å². The van der Waals surface area contributed by atoms with Crippen LogP contribution in [0.25, 0.3) is 0 Å². The first-order chi connectivity index (χ1) is 10.4. The summed E-state index contributed by atoms with van der Waals surface area (Å²) in [5, 5.41) is 14.9. The van der Waals surface area contributed by atoms with Crippen molar-refractivity contribution in [1.29, 1.82) is 0 Å². The van der Waals surface area contributed by atoms with Crippen LogP contribution in [0.3, 0.4) is 0 Å². The van der Waals surface area contributed by atoms with E-state index in [0.717, 1.165) is 4.90 Å². The minimum atomic E-state index is -1.12. The lowest BCUT2D eigenvalue weighted by atomic mass is 10.0. The molecule has 1 unspecified atom stereocenters. The van der Waals surface area contributed by atoms with E-state index >= 15 is 0 Å². The van der Waals surface area contributed by atoms with Gasteiger partial charge in [0.05, 0.1) is 5.60 Å². The van der Waals surface area contributed by atoms with Crippen molar-refractivity contribution < 1.29 is 19.4 Å². The molecule has 1 rings (SSSR count). The highest BCUT2D eigenvalue weighted by atomic mass is 32.2. The molecule has 1 aromatic rings. The second kappa shape index (κ2) is 8.77. The van der Waals surface area contributed by atoms with Gasteiger partial charge in [-0.2, -0.15) is 0 Å². The molecule has 0 heterocycles. The number of ether oxygens (including phenoxy) is 1. The van der Waals surface area contributed by atoms with Gasteiger partial charge in [0.1, 0.15) is 0 Å². The Hall–Kier alpha value is -1.57. The predicted octanol–water partition coefficient (Wildman–Crippen LogP) is 1.25. The second-order valence-electron chi connectivity index (χ2n) is 5.11. The Morgan fingerprint density at radius 3 is 2.73 bits per heavy atom. The molecule has 1 atom stereocenters. The van der Waals surface area contributed by atoms with Gasteiger partial charge >= 0.3 is 11.8 Å².